The summed E-state index contributed by atoms with van der Waals surface area (Å²) < 4.78 is 5.46. The second-order valence-electron chi connectivity index (χ2n) is 11.6. The molecule has 38 heavy (non-hydrogen) atoms. The summed E-state index contributed by atoms with van der Waals surface area (Å²) >= 11 is 0. The lowest BCUT2D eigenvalue weighted by Crippen LogP contribution is -2.55. The van der Waals surface area contributed by atoms with Gasteiger partial charge in [-0.1, -0.05) is 43.3 Å². The van der Waals surface area contributed by atoms with Crippen molar-refractivity contribution in [3.05, 3.63) is 65.2 Å². The highest BCUT2D eigenvalue weighted by molar-refractivity contribution is 5.92. The highest BCUT2D eigenvalue weighted by Crippen LogP contribution is 2.28. The number of nitrogens with one attached hydrogen (secondary N) is 2. The monoisotopic (exact) mass is 525 g/mol. The molecule has 0 aliphatic carbocycles. The van der Waals surface area contributed by atoms with Gasteiger partial charge in [-0.05, 0) is 83.7 Å². The van der Waals surface area contributed by atoms with Gasteiger partial charge < -0.3 is 25.4 Å². The van der Waals surface area contributed by atoms with Gasteiger partial charge in [0.1, 0.15) is 23.4 Å². The van der Waals surface area contributed by atoms with Crippen molar-refractivity contribution in [1.82, 2.24) is 15.5 Å². The van der Waals surface area contributed by atoms with Gasteiger partial charge in [0.2, 0.25) is 11.8 Å². The number of ether oxygens (including phenoxy) is 1. The number of amides is 3. The van der Waals surface area contributed by atoms with Crippen LogP contribution in [-0.2, 0) is 20.7 Å². The summed E-state index contributed by atoms with van der Waals surface area (Å²) in [6.45, 7) is 14.8. The number of phenolic OH excluding ortho intramolecular Hbond substituents is 1. The summed E-state index contributed by atoms with van der Waals surface area (Å²) in [5.74, 6) is -0.646. The maximum absolute atomic E-state index is 14.2. The molecule has 0 bridgehead atoms. The van der Waals surface area contributed by atoms with Crippen molar-refractivity contribution in [1.29, 1.82) is 0 Å². The number of nitrogens with zero attached hydrogens (tertiary/aromatic N) is 1. The molecular formula is C30H43N3O5. The van der Waals surface area contributed by atoms with Gasteiger partial charge in [-0.2, -0.15) is 0 Å². The third-order valence-electron chi connectivity index (χ3n) is 5.61. The molecule has 2 rings (SSSR count). The minimum absolute atomic E-state index is 0.102. The number of benzene rings is 2. The largest absolute Gasteiger partial charge is 0.508 e. The standard InChI is InChI=1S/C30H43N3O5/c1-9-17-33(25(26(35)32-29(3,4)5)22-15-16-24(34)20(2)18-22)27(36)23(19-21-13-11-10-12-14-21)31-28(37)38-30(6,7)8/h10-16,18,23,25,34H,9,17,19H2,1-8H3,(H,31,37)(H,32,35). The van der Waals surface area contributed by atoms with Gasteiger partial charge in [0.25, 0.3) is 0 Å². The average Bonchev–Trinajstić information content (AvgIpc) is 2.78. The van der Waals surface area contributed by atoms with Crippen molar-refractivity contribution in [2.75, 3.05) is 6.54 Å². The summed E-state index contributed by atoms with van der Waals surface area (Å²) in [6.07, 6.45) is 0.105. The SMILES string of the molecule is CCCN(C(=O)C(Cc1ccccc1)NC(=O)OC(C)(C)C)C(C(=O)NC(C)(C)C)c1ccc(O)c(C)c1. The smallest absolute Gasteiger partial charge is 0.408 e. The molecular weight excluding hydrogens is 482 g/mol. The lowest BCUT2D eigenvalue weighted by atomic mass is 9.97. The van der Waals surface area contributed by atoms with Crippen LogP contribution in [0.25, 0.3) is 0 Å². The Morgan fingerprint density at radius 3 is 2.16 bits per heavy atom. The Labute approximate surface area is 226 Å². The van der Waals surface area contributed by atoms with Gasteiger partial charge in [0.05, 0.1) is 0 Å². The van der Waals surface area contributed by atoms with Crippen LogP contribution in [0.5, 0.6) is 5.75 Å². The van der Waals surface area contributed by atoms with Crippen molar-refractivity contribution in [2.24, 2.45) is 0 Å². The third-order valence-corrected chi connectivity index (χ3v) is 5.61. The molecule has 2 unspecified atom stereocenters. The quantitative estimate of drug-likeness (QED) is 0.426. The Morgan fingerprint density at radius 2 is 1.63 bits per heavy atom. The fourth-order valence-corrected chi connectivity index (χ4v) is 4.07. The van der Waals surface area contributed by atoms with E-state index in [0.29, 0.717) is 17.5 Å². The Kier molecular flexibility index (Phi) is 10.3. The fourth-order valence-electron chi connectivity index (χ4n) is 4.07. The number of carbonyl (C=O) groups excluding carboxylic acids is 3. The zero-order chi connectivity index (χ0) is 28.7. The van der Waals surface area contributed by atoms with Gasteiger partial charge in [0.15, 0.2) is 0 Å². The highest BCUT2D eigenvalue weighted by Gasteiger charge is 2.37. The van der Waals surface area contributed by atoms with Gasteiger partial charge in [0, 0.05) is 18.5 Å². The lowest BCUT2D eigenvalue weighted by Gasteiger charge is -2.36. The topological polar surface area (TPSA) is 108 Å². The van der Waals surface area contributed by atoms with Crippen molar-refractivity contribution >= 4 is 17.9 Å². The number of phenols is 1. The molecule has 3 amide bonds. The molecule has 8 nitrogen and oxygen atoms in total. The second-order valence-corrected chi connectivity index (χ2v) is 11.6. The molecule has 2 aromatic rings. The van der Waals surface area contributed by atoms with Gasteiger partial charge in [-0.25, -0.2) is 4.79 Å². The summed E-state index contributed by atoms with van der Waals surface area (Å²) in [6, 6.07) is 12.3. The number of carbonyl (C=O) groups is 3. The van der Waals surface area contributed by atoms with E-state index in [-0.39, 0.29) is 24.6 Å². The van der Waals surface area contributed by atoms with Gasteiger partial charge >= 0.3 is 6.09 Å². The Hall–Kier alpha value is -3.55. The van der Waals surface area contributed by atoms with Crippen LogP contribution in [0, 0.1) is 6.92 Å². The molecule has 0 aliphatic heterocycles. The number of aromatic hydroxyl groups is 1. The van der Waals surface area contributed by atoms with Crippen LogP contribution in [0.4, 0.5) is 4.79 Å². The Morgan fingerprint density at radius 1 is 1.00 bits per heavy atom. The summed E-state index contributed by atoms with van der Waals surface area (Å²) in [5.41, 5.74) is 0.730. The van der Waals surface area contributed by atoms with Crippen LogP contribution in [0.3, 0.4) is 0 Å². The van der Waals surface area contributed by atoms with Crippen LogP contribution >= 0.6 is 0 Å². The third kappa shape index (κ3) is 9.39. The normalized spacial score (nSPS) is 13.3. The van der Waals surface area contributed by atoms with Crippen LogP contribution in [0.15, 0.2) is 48.5 Å². The molecule has 208 valence electrons. The van der Waals surface area contributed by atoms with E-state index in [1.54, 1.807) is 39.8 Å². The molecule has 3 N–H and O–H groups in total. The molecule has 8 heteroatoms. The molecule has 0 aliphatic rings. The van der Waals surface area contributed by atoms with E-state index < -0.39 is 35.2 Å². The Balaban J connectivity index is 2.56. The zero-order valence-electron chi connectivity index (χ0n) is 23.9. The molecule has 0 radical (unpaired) electrons. The van der Waals surface area contributed by atoms with Gasteiger partial charge in [-0.15, -0.1) is 0 Å². The van der Waals surface area contributed by atoms with E-state index in [1.807, 2.05) is 58.0 Å². The van der Waals surface area contributed by atoms with Crippen LogP contribution in [0.1, 0.15) is 77.6 Å². The molecule has 0 spiro atoms. The van der Waals surface area contributed by atoms with E-state index in [9.17, 15) is 19.5 Å². The van der Waals surface area contributed by atoms with Crippen molar-refractivity contribution in [3.8, 4) is 5.75 Å². The number of hydrogen-bond donors (Lipinski definition) is 3. The predicted octanol–water partition coefficient (Wildman–Crippen LogP) is 5.03. The minimum atomic E-state index is -0.973. The molecule has 0 aromatic heterocycles. The molecule has 0 heterocycles. The summed E-state index contributed by atoms with van der Waals surface area (Å²) in [5, 5.41) is 15.9. The molecule has 2 aromatic carbocycles. The second kappa shape index (κ2) is 12.8. The van der Waals surface area contributed by atoms with E-state index >= 15 is 0 Å². The first-order chi connectivity index (χ1) is 17.6. The number of alkyl carbamates (subject to hydrolysis) is 1. The van der Waals surface area contributed by atoms with E-state index in [1.165, 1.54) is 11.0 Å². The first-order valence-corrected chi connectivity index (χ1v) is 13.1. The maximum Gasteiger partial charge on any atom is 0.408 e. The number of rotatable bonds is 9. The van der Waals surface area contributed by atoms with Crippen molar-refractivity contribution < 1.29 is 24.2 Å². The molecule has 0 fully saturated rings. The van der Waals surface area contributed by atoms with Crippen molar-refractivity contribution in [3.63, 3.8) is 0 Å². The van der Waals surface area contributed by atoms with Gasteiger partial charge in [-0.3, -0.25) is 9.59 Å². The maximum atomic E-state index is 14.2. The fraction of sp³-hybridized carbons (Fsp3) is 0.500. The molecule has 2 atom stereocenters. The number of aryl methyl sites for hydroxylation is 1. The number of hydrogen-bond acceptors (Lipinski definition) is 5. The minimum Gasteiger partial charge on any atom is -0.508 e. The van der Waals surface area contributed by atoms with Crippen LogP contribution in [0.2, 0.25) is 0 Å². The van der Waals surface area contributed by atoms with Crippen LogP contribution in [-0.4, -0.2) is 51.6 Å². The van der Waals surface area contributed by atoms with E-state index in [2.05, 4.69) is 10.6 Å². The average molecular weight is 526 g/mol. The first-order valence-electron chi connectivity index (χ1n) is 13.1. The highest BCUT2D eigenvalue weighted by atomic mass is 16.6. The Bertz CT molecular complexity index is 1100. The van der Waals surface area contributed by atoms with Crippen LogP contribution < -0.4 is 10.6 Å². The first kappa shape index (κ1) is 30.7. The summed E-state index contributed by atoms with van der Waals surface area (Å²) in [4.78, 5) is 42.2. The van der Waals surface area contributed by atoms with Crippen molar-refractivity contribution in [2.45, 2.75) is 91.5 Å². The summed E-state index contributed by atoms with van der Waals surface area (Å²) in [7, 11) is 0. The molecule has 0 saturated heterocycles. The molecule has 0 saturated carbocycles. The lowest BCUT2D eigenvalue weighted by molar-refractivity contribution is -0.143. The van der Waals surface area contributed by atoms with E-state index in [0.717, 1.165) is 5.56 Å². The van der Waals surface area contributed by atoms with E-state index in [4.69, 9.17) is 4.74 Å². The predicted molar refractivity (Wildman–Crippen MR) is 149 cm³/mol. The zero-order valence-corrected chi connectivity index (χ0v) is 23.9.